The van der Waals surface area contributed by atoms with Crippen molar-refractivity contribution in [3.8, 4) is 22.6 Å². The molecule has 216 valence electrons. The standard InChI is InChI=1S/C31H39N7O3/c1-3-5-12-23-20-38(28-22(4-2)11-7-6-8-15-26(28)30(39)40)31(41)37(23)19-21-16-17-27(32-18-21)24-13-9-10-14-25(24)29-33-35-36-34-29/h9-10,13-14,16-18,20,22,26,28H,3-8,11-12,15,19H2,1-2H3,(H,39,40)(H,33,34,35,36). The molecule has 1 saturated carbocycles. The maximum absolute atomic E-state index is 14.0. The summed E-state index contributed by atoms with van der Waals surface area (Å²) in [5, 5.41) is 24.6. The number of hydrogen-bond acceptors (Lipinski definition) is 6. The van der Waals surface area contributed by atoms with Crippen molar-refractivity contribution in [3.63, 3.8) is 0 Å². The van der Waals surface area contributed by atoms with Crippen molar-refractivity contribution in [3.05, 3.63) is 70.5 Å². The van der Waals surface area contributed by atoms with Crippen LogP contribution in [-0.4, -0.2) is 45.8 Å². The molecule has 3 unspecified atom stereocenters. The second-order valence-electron chi connectivity index (χ2n) is 11.1. The van der Waals surface area contributed by atoms with Gasteiger partial charge in [0.25, 0.3) is 0 Å². The molecule has 1 aliphatic rings. The van der Waals surface area contributed by atoms with Crippen LogP contribution in [0.5, 0.6) is 0 Å². The molecule has 4 aromatic rings. The fraction of sp³-hybridized carbons (Fsp3) is 0.484. The highest BCUT2D eigenvalue weighted by molar-refractivity contribution is 5.78. The summed E-state index contributed by atoms with van der Waals surface area (Å²) in [5.74, 6) is -0.706. The van der Waals surface area contributed by atoms with E-state index < -0.39 is 11.9 Å². The minimum Gasteiger partial charge on any atom is -0.481 e. The van der Waals surface area contributed by atoms with Gasteiger partial charge in [-0.15, -0.1) is 10.2 Å². The van der Waals surface area contributed by atoms with Crippen LogP contribution >= 0.6 is 0 Å². The zero-order valence-electron chi connectivity index (χ0n) is 23.9. The number of aliphatic carboxylic acids is 1. The lowest BCUT2D eigenvalue weighted by Crippen LogP contribution is -2.38. The van der Waals surface area contributed by atoms with Crippen LogP contribution in [0.25, 0.3) is 22.6 Å². The van der Waals surface area contributed by atoms with E-state index in [0.29, 0.717) is 18.8 Å². The average molecular weight is 558 g/mol. The first-order chi connectivity index (χ1) is 20.0. The van der Waals surface area contributed by atoms with Gasteiger partial charge < -0.3 is 5.11 Å². The molecule has 41 heavy (non-hydrogen) atoms. The molecule has 1 fully saturated rings. The molecule has 0 radical (unpaired) electrons. The summed E-state index contributed by atoms with van der Waals surface area (Å²) in [5.41, 5.74) is 4.22. The van der Waals surface area contributed by atoms with Crippen molar-refractivity contribution in [1.29, 1.82) is 0 Å². The van der Waals surface area contributed by atoms with Crippen molar-refractivity contribution >= 4 is 5.97 Å². The van der Waals surface area contributed by atoms with Gasteiger partial charge in [-0.2, -0.15) is 5.21 Å². The number of nitrogens with one attached hydrogen (secondary N) is 1. The Kier molecular flexibility index (Phi) is 9.06. The van der Waals surface area contributed by atoms with Gasteiger partial charge in [0.15, 0.2) is 0 Å². The van der Waals surface area contributed by atoms with Crippen LogP contribution in [0.3, 0.4) is 0 Å². The van der Waals surface area contributed by atoms with Crippen LogP contribution in [0.1, 0.15) is 82.5 Å². The van der Waals surface area contributed by atoms with Gasteiger partial charge in [0, 0.05) is 29.2 Å². The van der Waals surface area contributed by atoms with E-state index in [2.05, 4.69) is 34.5 Å². The highest BCUT2D eigenvalue weighted by Gasteiger charge is 2.37. The molecule has 0 spiro atoms. The normalized spacial score (nSPS) is 19.5. The molecule has 3 heterocycles. The first-order valence-corrected chi connectivity index (χ1v) is 14.8. The van der Waals surface area contributed by atoms with Crippen LogP contribution in [0.4, 0.5) is 0 Å². The van der Waals surface area contributed by atoms with E-state index in [-0.39, 0.29) is 17.6 Å². The second-order valence-corrected chi connectivity index (χ2v) is 11.1. The molecule has 1 aromatic carbocycles. The number of carbonyl (C=O) groups is 1. The predicted octanol–water partition coefficient (Wildman–Crippen LogP) is 5.52. The van der Waals surface area contributed by atoms with E-state index >= 15 is 0 Å². The Morgan fingerprint density at radius 3 is 2.56 bits per heavy atom. The molecular formula is C31H39N7O3. The minimum atomic E-state index is -0.800. The summed E-state index contributed by atoms with van der Waals surface area (Å²) >= 11 is 0. The number of nitrogens with zero attached hydrogens (tertiary/aromatic N) is 6. The maximum atomic E-state index is 14.0. The summed E-state index contributed by atoms with van der Waals surface area (Å²) in [6.07, 6.45) is 11.9. The monoisotopic (exact) mass is 557 g/mol. The van der Waals surface area contributed by atoms with Crippen molar-refractivity contribution in [2.45, 2.75) is 84.2 Å². The summed E-state index contributed by atoms with van der Waals surface area (Å²) in [6.45, 7) is 4.63. The molecule has 0 saturated heterocycles. The first kappa shape index (κ1) is 28.4. The smallest absolute Gasteiger partial charge is 0.328 e. The Bertz CT molecular complexity index is 1490. The summed E-state index contributed by atoms with van der Waals surface area (Å²) in [6, 6.07) is 11.4. The predicted molar refractivity (Wildman–Crippen MR) is 156 cm³/mol. The Morgan fingerprint density at radius 2 is 1.88 bits per heavy atom. The number of benzene rings is 1. The number of carboxylic acid groups (broad SMARTS) is 1. The largest absolute Gasteiger partial charge is 0.481 e. The van der Waals surface area contributed by atoms with Crippen molar-refractivity contribution in [2.24, 2.45) is 11.8 Å². The van der Waals surface area contributed by atoms with Crippen molar-refractivity contribution in [2.75, 3.05) is 0 Å². The number of H-pyrrole nitrogens is 1. The molecule has 0 bridgehead atoms. The van der Waals surface area contributed by atoms with Crippen LogP contribution in [0.2, 0.25) is 0 Å². The number of hydrogen-bond donors (Lipinski definition) is 2. The molecule has 1 aliphatic carbocycles. The highest BCUT2D eigenvalue weighted by atomic mass is 16.4. The number of pyridine rings is 1. The number of unbranched alkanes of at least 4 members (excludes halogenated alkanes) is 1. The fourth-order valence-corrected chi connectivity index (χ4v) is 6.28. The van der Waals surface area contributed by atoms with Gasteiger partial charge in [0.05, 0.1) is 24.2 Å². The van der Waals surface area contributed by atoms with Gasteiger partial charge in [-0.3, -0.25) is 18.9 Å². The summed E-state index contributed by atoms with van der Waals surface area (Å²) < 4.78 is 3.59. The Hall–Kier alpha value is -4.08. The summed E-state index contributed by atoms with van der Waals surface area (Å²) in [7, 11) is 0. The zero-order chi connectivity index (χ0) is 28.8. The number of imidazole rings is 1. The van der Waals surface area contributed by atoms with Gasteiger partial charge in [0.1, 0.15) is 0 Å². The van der Waals surface area contributed by atoms with Crippen molar-refractivity contribution in [1.82, 2.24) is 34.7 Å². The van der Waals surface area contributed by atoms with Crippen molar-refractivity contribution < 1.29 is 9.90 Å². The van der Waals surface area contributed by atoms with E-state index in [1.54, 1.807) is 10.8 Å². The van der Waals surface area contributed by atoms with E-state index in [1.165, 1.54) is 0 Å². The van der Waals surface area contributed by atoms with Gasteiger partial charge in [-0.1, -0.05) is 76.3 Å². The minimum absolute atomic E-state index is 0.127. The topological polar surface area (TPSA) is 132 Å². The Balaban J connectivity index is 1.49. The van der Waals surface area contributed by atoms with Gasteiger partial charge >= 0.3 is 11.7 Å². The molecule has 10 heteroatoms. The molecule has 5 rings (SSSR count). The van der Waals surface area contributed by atoms with E-state index in [4.69, 9.17) is 4.98 Å². The van der Waals surface area contributed by atoms with Crippen LogP contribution in [0, 0.1) is 11.8 Å². The third-order valence-electron chi connectivity index (χ3n) is 8.48. The maximum Gasteiger partial charge on any atom is 0.328 e. The van der Waals surface area contributed by atoms with Crippen LogP contribution < -0.4 is 5.69 Å². The highest BCUT2D eigenvalue weighted by Crippen LogP contribution is 2.38. The molecule has 10 nitrogen and oxygen atoms in total. The Labute approximate surface area is 239 Å². The van der Waals surface area contributed by atoms with E-state index in [0.717, 1.165) is 79.4 Å². The van der Waals surface area contributed by atoms with Crippen LogP contribution in [-0.2, 0) is 17.8 Å². The average Bonchev–Trinajstić information content (AvgIpc) is 3.61. The lowest BCUT2D eigenvalue weighted by atomic mass is 9.78. The molecule has 0 amide bonds. The lowest BCUT2D eigenvalue weighted by molar-refractivity contribution is -0.144. The number of carboxylic acids is 1. The zero-order valence-corrected chi connectivity index (χ0v) is 23.9. The first-order valence-electron chi connectivity index (χ1n) is 14.8. The molecule has 3 atom stereocenters. The van der Waals surface area contributed by atoms with E-state index in [9.17, 15) is 14.7 Å². The fourth-order valence-electron chi connectivity index (χ4n) is 6.28. The number of aromatic amines is 1. The van der Waals surface area contributed by atoms with E-state index in [1.807, 2.05) is 47.2 Å². The second kappa shape index (κ2) is 13.1. The summed E-state index contributed by atoms with van der Waals surface area (Å²) in [4.78, 5) is 31.2. The third-order valence-corrected chi connectivity index (χ3v) is 8.48. The molecule has 0 aliphatic heterocycles. The number of aromatic nitrogens is 7. The third kappa shape index (κ3) is 6.16. The SMILES string of the molecule is CCCCc1cn(C2C(CC)CCCCCC2C(=O)O)c(=O)n1Cc1ccc(-c2ccccc2-c2nn[nH]n2)nc1. The lowest BCUT2D eigenvalue weighted by Gasteiger charge is -2.33. The molecule has 3 aromatic heterocycles. The molecule has 2 N–H and O–H groups in total. The Morgan fingerprint density at radius 1 is 1.07 bits per heavy atom. The van der Waals surface area contributed by atoms with Gasteiger partial charge in [-0.05, 0) is 48.4 Å². The number of aryl methyl sites for hydroxylation is 1. The quantitative estimate of drug-likeness (QED) is 0.263. The number of tetrazole rings is 1. The number of rotatable bonds is 10. The van der Waals surface area contributed by atoms with Gasteiger partial charge in [0.2, 0.25) is 5.82 Å². The molecular weight excluding hydrogens is 518 g/mol. The van der Waals surface area contributed by atoms with Gasteiger partial charge in [-0.25, -0.2) is 4.79 Å². The van der Waals surface area contributed by atoms with Crippen LogP contribution in [0.15, 0.2) is 53.6 Å².